The van der Waals surface area contributed by atoms with Crippen LogP contribution in [0.15, 0.2) is 84.6 Å². The number of rotatable bonds is 11. The van der Waals surface area contributed by atoms with E-state index in [1.165, 1.54) is 61.0 Å². The zero-order chi connectivity index (χ0) is 36.8. The molecule has 268 valence electrons. The van der Waals surface area contributed by atoms with Crippen molar-refractivity contribution in [1.29, 1.82) is 0 Å². The molecule has 4 unspecified atom stereocenters. The maximum Gasteiger partial charge on any atom is 0.349 e. The lowest BCUT2D eigenvalue weighted by Gasteiger charge is -2.40. The number of aryl methyl sites for hydroxylation is 3. The Labute approximate surface area is 298 Å². The quantitative estimate of drug-likeness (QED) is 0.0971. The van der Waals surface area contributed by atoms with Crippen LogP contribution < -0.4 is 0 Å². The average molecular weight is 695 g/mol. The summed E-state index contributed by atoms with van der Waals surface area (Å²) in [4.78, 5) is 49.9. The van der Waals surface area contributed by atoms with Crippen molar-refractivity contribution < 1.29 is 38.9 Å². The smallest absolute Gasteiger partial charge is 0.349 e. The van der Waals surface area contributed by atoms with Crippen molar-refractivity contribution in [2.45, 2.75) is 84.1 Å². The molecular formula is C41H46N2O8. The SMILES string of the molecule is CCCCCn1cc2c3c(cccc31)C1C=C(C)CN(C)C1C2.Cc1ccc(C(=O)OC(C(=O)O)C(OC(=O)c2ccc(C)cc2)C(=O)O)cc1. The summed E-state index contributed by atoms with van der Waals surface area (Å²) in [5.74, 6) is -5.05. The standard InChI is InChI=1S/C21H28N2.C20H18O8/c1-4-5-6-10-23-14-16-12-20-18(11-15(2)13-22(20)3)17-8-7-9-19(23)21(16)17;1-11-3-7-13(8-4-11)19(25)27-15(17(21)22)16(18(23)24)28-20(26)14-9-5-12(2)6-10-14/h7-9,11,14,18,20H,4-6,10,12-13H2,1-3H3;3-10,15-16H,1-2H3,(H,21,22)(H,23,24). The molecule has 51 heavy (non-hydrogen) atoms. The van der Waals surface area contributed by atoms with Gasteiger partial charge in [-0.2, -0.15) is 0 Å². The van der Waals surface area contributed by atoms with E-state index in [9.17, 15) is 29.4 Å². The molecule has 0 spiro atoms. The molecule has 1 aliphatic carbocycles. The van der Waals surface area contributed by atoms with Gasteiger partial charge in [0.05, 0.1) is 11.1 Å². The molecule has 0 amide bonds. The maximum absolute atomic E-state index is 12.2. The zero-order valence-electron chi connectivity index (χ0n) is 29.8. The molecule has 0 saturated heterocycles. The number of carbonyl (C=O) groups excluding carboxylic acids is 2. The first-order valence-electron chi connectivity index (χ1n) is 17.4. The second-order valence-electron chi connectivity index (χ2n) is 13.6. The molecule has 10 heteroatoms. The molecule has 0 saturated carbocycles. The third kappa shape index (κ3) is 8.57. The van der Waals surface area contributed by atoms with Crippen LogP contribution in [0.5, 0.6) is 0 Å². The van der Waals surface area contributed by atoms with Gasteiger partial charge in [0.15, 0.2) is 0 Å². The third-order valence-corrected chi connectivity index (χ3v) is 9.56. The Kier molecular flexibility index (Phi) is 11.8. The number of unbranched alkanes of at least 4 members (excludes halogenated alkanes) is 2. The number of likely N-dealkylation sites (N-methyl/N-ethyl adjacent to an activating group) is 1. The summed E-state index contributed by atoms with van der Waals surface area (Å²) in [6.07, 6.45) is 5.62. The molecule has 1 aromatic heterocycles. The zero-order valence-corrected chi connectivity index (χ0v) is 29.8. The third-order valence-electron chi connectivity index (χ3n) is 9.56. The van der Waals surface area contributed by atoms with Gasteiger partial charge in [-0.05, 0) is 82.1 Å². The Balaban J connectivity index is 0.000000201. The molecule has 0 radical (unpaired) electrons. The van der Waals surface area contributed by atoms with Crippen molar-refractivity contribution in [3.8, 4) is 0 Å². The minimum absolute atomic E-state index is 0.0332. The Morgan fingerprint density at radius 3 is 1.86 bits per heavy atom. The lowest BCUT2D eigenvalue weighted by molar-refractivity contribution is -0.166. The number of carboxylic acid groups (broad SMARTS) is 2. The van der Waals surface area contributed by atoms with Crippen molar-refractivity contribution in [2.24, 2.45) is 0 Å². The van der Waals surface area contributed by atoms with E-state index >= 15 is 0 Å². The fourth-order valence-corrected chi connectivity index (χ4v) is 6.91. The number of esters is 2. The van der Waals surface area contributed by atoms with Crippen LogP contribution in [0, 0.1) is 13.8 Å². The summed E-state index contributed by atoms with van der Waals surface area (Å²) in [5.41, 5.74) is 7.87. The van der Waals surface area contributed by atoms with E-state index < -0.39 is 36.1 Å². The van der Waals surface area contributed by atoms with Crippen molar-refractivity contribution in [2.75, 3.05) is 13.6 Å². The average Bonchev–Trinajstić information content (AvgIpc) is 3.45. The van der Waals surface area contributed by atoms with Crippen molar-refractivity contribution >= 4 is 34.8 Å². The Morgan fingerprint density at radius 2 is 1.35 bits per heavy atom. The highest BCUT2D eigenvalue weighted by Crippen LogP contribution is 2.42. The predicted molar refractivity (Wildman–Crippen MR) is 194 cm³/mol. The number of hydrogen-bond donors (Lipinski definition) is 2. The Bertz CT molecular complexity index is 1850. The fraction of sp³-hybridized carbons (Fsp3) is 0.366. The number of ether oxygens (including phenoxy) is 2. The van der Waals surface area contributed by atoms with Crippen LogP contribution in [0.1, 0.15) is 82.0 Å². The molecule has 1 aliphatic heterocycles. The van der Waals surface area contributed by atoms with Crippen LogP contribution in [0.25, 0.3) is 10.9 Å². The first-order chi connectivity index (χ1) is 24.4. The number of hydrogen-bond acceptors (Lipinski definition) is 7. The van der Waals surface area contributed by atoms with Gasteiger partial charge < -0.3 is 24.3 Å². The lowest BCUT2D eigenvalue weighted by Crippen LogP contribution is -2.45. The number of benzene rings is 3. The number of aliphatic carboxylic acids is 2. The second-order valence-corrected chi connectivity index (χ2v) is 13.6. The predicted octanol–water partition coefficient (Wildman–Crippen LogP) is 6.96. The van der Waals surface area contributed by atoms with Crippen LogP contribution in [0.3, 0.4) is 0 Å². The summed E-state index contributed by atoms with van der Waals surface area (Å²) >= 11 is 0. The largest absolute Gasteiger partial charge is 0.478 e. The first-order valence-corrected chi connectivity index (χ1v) is 17.4. The molecule has 4 aromatic rings. The molecule has 0 fully saturated rings. The van der Waals surface area contributed by atoms with E-state index in [1.807, 2.05) is 0 Å². The highest BCUT2D eigenvalue weighted by Gasteiger charge is 2.41. The number of carboxylic acids is 2. The molecule has 2 aliphatic rings. The molecule has 6 rings (SSSR count). The van der Waals surface area contributed by atoms with Crippen LogP contribution in [0.2, 0.25) is 0 Å². The van der Waals surface area contributed by atoms with Gasteiger partial charge in [0.25, 0.3) is 0 Å². The van der Waals surface area contributed by atoms with E-state index in [0.29, 0.717) is 12.0 Å². The van der Waals surface area contributed by atoms with E-state index in [0.717, 1.165) is 24.2 Å². The van der Waals surface area contributed by atoms with Gasteiger partial charge in [0.2, 0.25) is 12.2 Å². The normalized spacial score (nSPS) is 17.6. The molecule has 3 aromatic carbocycles. The minimum Gasteiger partial charge on any atom is -0.478 e. The molecule has 0 bridgehead atoms. The van der Waals surface area contributed by atoms with Crippen LogP contribution >= 0.6 is 0 Å². The van der Waals surface area contributed by atoms with E-state index in [-0.39, 0.29) is 11.1 Å². The summed E-state index contributed by atoms with van der Waals surface area (Å²) in [5, 5.41) is 20.2. The topological polar surface area (TPSA) is 135 Å². The van der Waals surface area contributed by atoms with Gasteiger partial charge in [-0.25, -0.2) is 19.2 Å². The van der Waals surface area contributed by atoms with Crippen LogP contribution in [-0.2, 0) is 32.0 Å². The van der Waals surface area contributed by atoms with Gasteiger partial charge in [0, 0.05) is 42.1 Å². The number of nitrogens with zero attached hydrogens (tertiary/aromatic N) is 2. The number of fused-ring (bicyclic) bond motifs is 2. The van der Waals surface area contributed by atoms with Crippen LogP contribution in [0.4, 0.5) is 0 Å². The molecule has 10 nitrogen and oxygen atoms in total. The molecule has 4 atom stereocenters. The summed E-state index contributed by atoms with van der Waals surface area (Å²) in [7, 11) is 2.29. The van der Waals surface area contributed by atoms with Gasteiger partial charge >= 0.3 is 23.9 Å². The Hall–Kier alpha value is -5.22. The van der Waals surface area contributed by atoms with Crippen molar-refractivity contribution in [3.63, 3.8) is 0 Å². The van der Waals surface area contributed by atoms with E-state index in [2.05, 4.69) is 60.8 Å². The van der Waals surface area contributed by atoms with E-state index in [4.69, 9.17) is 9.47 Å². The van der Waals surface area contributed by atoms with Gasteiger partial charge in [-0.1, -0.05) is 78.9 Å². The lowest BCUT2D eigenvalue weighted by atomic mass is 9.77. The van der Waals surface area contributed by atoms with Crippen molar-refractivity contribution in [3.05, 3.63) is 118 Å². The highest BCUT2D eigenvalue weighted by molar-refractivity contribution is 5.95. The number of aromatic nitrogens is 1. The molecule has 2 N–H and O–H groups in total. The second kappa shape index (κ2) is 16.2. The summed E-state index contributed by atoms with van der Waals surface area (Å²) in [6, 6.07) is 19.6. The van der Waals surface area contributed by atoms with Gasteiger partial charge in [-0.15, -0.1) is 0 Å². The first kappa shape index (κ1) is 37.0. The molecule has 2 heterocycles. The fourth-order valence-electron chi connectivity index (χ4n) is 6.91. The summed E-state index contributed by atoms with van der Waals surface area (Å²) in [6.45, 7) is 10.4. The number of carbonyl (C=O) groups is 4. The summed E-state index contributed by atoms with van der Waals surface area (Å²) < 4.78 is 12.2. The highest BCUT2D eigenvalue weighted by atomic mass is 16.6. The minimum atomic E-state index is -2.22. The van der Waals surface area contributed by atoms with E-state index in [1.54, 1.807) is 54.6 Å². The van der Waals surface area contributed by atoms with Gasteiger partial charge in [0.1, 0.15) is 0 Å². The van der Waals surface area contributed by atoms with Gasteiger partial charge in [-0.3, -0.25) is 4.90 Å². The van der Waals surface area contributed by atoms with Crippen LogP contribution in [-0.4, -0.2) is 75.4 Å². The van der Waals surface area contributed by atoms with Crippen molar-refractivity contribution in [1.82, 2.24) is 9.47 Å². The monoisotopic (exact) mass is 694 g/mol. The maximum atomic E-state index is 12.2. The Morgan fingerprint density at radius 1 is 0.804 bits per heavy atom. The molecular weight excluding hydrogens is 648 g/mol.